The van der Waals surface area contributed by atoms with E-state index >= 15 is 0 Å². The second-order valence-electron chi connectivity index (χ2n) is 6.83. The van der Waals surface area contributed by atoms with Crippen molar-refractivity contribution in [3.63, 3.8) is 0 Å². The fourth-order valence-electron chi connectivity index (χ4n) is 3.17. The number of aryl methyl sites for hydroxylation is 1. The maximum absolute atomic E-state index is 12.6. The number of nitro benzene ring substituents is 1. The summed E-state index contributed by atoms with van der Waals surface area (Å²) in [7, 11) is 0. The lowest BCUT2D eigenvalue weighted by molar-refractivity contribution is -0.384. The number of halogens is 1. The van der Waals surface area contributed by atoms with Gasteiger partial charge in [-0.3, -0.25) is 19.7 Å². The van der Waals surface area contributed by atoms with Gasteiger partial charge >= 0.3 is 0 Å². The fraction of sp³-hybridized carbons (Fsp3) is 0.300. The minimum absolute atomic E-state index is 0.00898. The first-order valence-electron chi connectivity index (χ1n) is 8.96. The first-order chi connectivity index (χ1) is 13.3. The summed E-state index contributed by atoms with van der Waals surface area (Å²) in [5, 5.41) is 13.8. The number of hydrogen-bond donors (Lipinski definition) is 1. The Balaban J connectivity index is 1.56. The van der Waals surface area contributed by atoms with E-state index in [9.17, 15) is 19.7 Å². The zero-order chi connectivity index (χ0) is 20.3. The number of rotatable bonds is 4. The number of hydrogen-bond acceptors (Lipinski definition) is 4. The van der Waals surface area contributed by atoms with Gasteiger partial charge in [0.05, 0.1) is 10.5 Å². The molecule has 0 aromatic heterocycles. The van der Waals surface area contributed by atoms with Crippen molar-refractivity contribution >= 4 is 40.1 Å². The molecule has 8 heteroatoms. The molecule has 0 radical (unpaired) electrons. The summed E-state index contributed by atoms with van der Waals surface area (Å²) in [6, 6.07) is 11.7. The molecule has 0 unspecified atom stereocenters. The largest absolute Gasteiger partial charge is 0.349 e. The number of nitrogens with zero attached hydrogens (tertiary/aromatic N) is 2. The number of carbonyl (C=O) groups is 2. The molecule has 2 aromatic rings. The highest BCUT2D eigenvalue weighted by Crippen LogP contribution is 2.21. The first kappa shape index (κ1) is 20.2. The SMILES string of the molecule is Cc1ccc(C(=O)N2CCC(NC(=O)c3ccc([N+](=O)[O-])cc3I)CC2)cc1. The van der Waals surface area contributed by atoms with Crippen molar-refractivity contribution in [3.8, 4) is 0 Å². The molecule has 146 valence electrons. The molecule has 1 heterocycles. The molecule has 0 saturated carbocycles. The molecular weight excluding hydrogens is 473 g/mol. The minimum atomic E-state index is -0.482. The normalized spacial score (nSPS) is 14.6. The van der Waals surface area contributed by atoms with Crippen LogP contribution < -0.4 is 5.32 Å². The Morgan fingerprint density at radius 2 is 1.79 bits per heavy atom. The summed E-state index contributed by atoms with van der Waals surface area (Å²) in [4.78, 5) is 37.2. The number of piperidine rings is 1. The van der Waals surface area contributed by atoms with Gasteiger partial charge in [-0.25, -0.2) is 0 Å². The van der Waals surface area contributed by atoms with Gasteiger partial charge in [0.2, 0.25) is 0 Å². The molecular formula is C20H20IN3O4. The highest BCUT2D eigenvalue weighted by atomic mass is 127. The van der Waals surface area contributed by atoms with Crippen molar-refractivity contribution in [2.24, 2.45) is 0 Å². The Morgan fingerprint density at radius 3 is 2.36 bits per heavy atom. The summed E-state index contributed by atoms with van der Waals surface area (Å²) < 4.78 is 0.538. The molecule has 7 nitrogen and oxygen atoms in total. The molecule has 0 aliphatic carbocycles. The number of non-ortho nitro benzene ring substituents is 1. The minimum Gasteiger partial charge on any atom is -0.349 e. The Morgan fingerprint density at radius 1 is 1.14 bits per heavy atom. The third-order valence-electron chi connectivity index (χ3n) is 4.82. The summed E-state index contributed by atoms with van der Waals surface area (Å²) in [5.41, 5.74) is 2.17. The van der Waals surface area contributed by atoms with E-state index in [1.54, 1.807) is 0 Å². The number of benzene rings is 2. The number of nitrogens with one attached hydrogen (secondary N) is 1. The number of carbonyl (C=O) groups excluding carboxylic acids is 2. The average Bonchev–Trinajstić information content (AvgIpc) is 2.68. The quantitative estimate of drug-likeness (QED) is 0.401. The zero-order valence-electron chi connectivity index (χ0n) is 15.4. The van der Waals surface area contributed by atoms with Crippen molar-refractivity contribution in [2.75, 3.05) is 13.1 Å². The van der Waals surface area contributed by atoms with Gasteiger partial charge in [0.1, 0.15) is 0 Å². The van der Waals surface area contributed by atoms with Crippen LogP contribution in [-0.2, 0) is 0 Å². The summed E-state index contributed by atoms with van der Waals surface area (Å²) in [6.45, 7) is 3.14. The zero-order valence-corrected chi connectivity index (χ0v) is 17.5. The van der Waals surface area contributed by atoms with Crippen molar-refractivity contribution in [1.29, 1.82) is 0 Å². The second-order valence-corrected chi connectivity index (χ2v) is 7.99. The van der Waals surface area contributed by atoms with Crippen LogP contribution in [0.25, 0.3) is 0 Å². The summed E-state index contributed by atoms with van der Waals surface area (Å²) in [6.07, 6.45) is 1.35. The van der Waals surface area contributed by atoms with Gasteiger partial charge in [0.25, 0.3) is 17.5 Å². The van der Waals surface area contributed by atoms with Crippen LogP contribution in [0, 0.1) is 20.6 Å². The maximum Gasteiger partial charge on any atom is 0.270 e. The van der Waals surface area contributed by atoms with E-state index in [1.165, 1.54) is 18.2 Å². The maximum atomic E-state index is 12.6. The lowest BCUT2D eigenvalue weighted by Gasteiger charge is -2.32. The van der Waals surface area contributed by atoms with Gasteiger partial charge < -0.3 is 10.2 Å². The number of likely N-dealkylation sites (tertiary alicyclic amines) is 1. The van der Waals surface area contributed by atoms with Crippen LogP contribution in [0.3, 0.4) is 0 Å². The van der Waals surface area contributed by atoms with Crippen molar-refractivity contribution in [1.82, 2.24) is 10.2 Å². The van der Waals surface area contributed by atoms with E-state index in [1.807, 2.05) is 58.7 Å². The van der Waals surface area contributed by atoms with Crippen LogP contribution in [0.1, 0.15) is 39.1 Å². The molecule has 1 fully saturated rings. The standard InChI is InChI=1S/C20H20IN3O4/c1-13-2-4-14(5-3-13)20(26)23-10-8-15(9-11-23)22-19(25)17-7-6-16(24(27)28)12-18(17)21/h2-7,12,15H,8-11H2,1H3,(H,22,25). The van der Waals surface area contributed by atoms with Gasteiger partial charge in [-0.05, 0) is 60.6 Å². The summed E-state index contributed by atoms with van der Waals surface area (Å²) >= 11 is 1.93. The lowest BCUT2D eigenvalue weighted by Crippen LogP contribution is -2.46. The van der Waals surface area contributed by atoms with Crippen LogP contribution in [0.15, 0.2) is 42.5 Å². The highest BCUT2D eigenvalue weighted by Gasteiger charge is 2.25. The van der Waals surface area contributed by atoms with Gasteiger partial charge in [0.15, 0.2) is 0 Å². The predicted octanol–water partition coefficient (Wildman–Crippen LogP) is 3.54. The molecule has 2 aromatic carbocycles. The Kier molecular flexibility index (Phi) is 6.28. The van der Waals surface area contributed by atoms with E-state index in [0.29, 0.717) is 40.6 Å². The van der Waals surface area contributed by atoms with Gasteiger partial charge in [-0.1, -0.05) is 17.7 Å². The topological polar surface area (TPSA) is 92.6 Å². The smallest absolute Gasteiger partial charge is 0.270 e. The van der Waals surface area contributed by atoms with Crippen LogP contribution in [0.5, 0.6) is 0 Å². The third kappa shape index (κ3) is 4.67. The Labute approximate surface area is 176 Å². The van der Waals surface area contributed by atoms with Crippen molar-refractivity contribution in [2.45, 2.75) is 25.8 Å². The molecule has 1 aliphatic rings. The van der Waals surface area contributed by atoms with Crippen LogP contribution in [-0.4, -0.2) is 40.8 Å². The highest BCUT2D eigenvalue weighted by molar-refractivity contribution is 14.1. The molecule has 1 N–H and O–H groups in total. The molecule has 1 aliphatic heterocycles. The van der Waals surface area contributed by atoms with Gasteiger partial charge in [0, 0.05) is 40.4 Å². The molecule has 28 heavy (non-hydrogen) atoms. The Bertz CT molecular complexity index is 906. The van der Waals surface area contributed by atoms with Crippen molar-refractivity contribution in [3.05, 3.63) is 72.8 Å². The van der Waals surface area contributed by atoms with Crippen LogP contribution in [0.4, 0.5) is 5.69 Å². The molecule has 3 rings (SSSR count). The first-order valence-corrected chi connectivity index (χ1v) is 10.0. The fourth-order valence-corrected chi connectivity index (χ4v) is 3.91. The predicted molar refractivity (Wildman–Crippen MR) is 113 cm³/mol. The Hall–Kier alpha value is -2.49. The van der Waals surface area contributed by atoms with E-state index in [0.717, 1.165) is 5.56 Å². The van der Waals surface area contributed by atoms with Crippen LogP contribution >= 0.6 is 22.6 Å². The average molecular weight is 493 g/mol. The summed E-state index contributed by atoms with van der Waals surface area (Å²) in [5.74, 6) is -0.239. The van der Waals surface area contributed by atoms with Gasteiger partial charge in [-0.15, -0.1) is 0 Å². The van der Waals surface area contributed by atoms with E-state index in [-0.39, 0.29) is 23.5 Å². The molecule has 0 spiro atoms. The van der Waals surface area contributed by atoms with E-state index in [2.05, 4.69) is 5.32 Å². The van der Waals surface area contributed by atoms with E-state index < -0.39 is 4.92 Å². The lowest BCUT2D eigenvalue weighted by atomic mass is 10.0. The molecule has 0 bridgehead atoms. The molecule has 0 atom stereocenters. The third-order valence-corrected chi connectivity index (χ3v) is 5.72. The van der Waals surface area contributed by atoms with Crippen LogP contribution in [0.2, 0.25) is 0 Å². The molecule has 2 amide bonds. The van der Waals surface area contributed by atoms with E-state index in [4.69, 9.17) is 0 Å². The van der Waals surface area contributed by atoms with Gasteiger partial charge in [-0.2, -0.15) is 0 Å². The second kappa shape index (κ2) is 8.68. The number of amides is 2. The monoisotopic (exact) mass is 493 g/mol. The van der Waals surface area contributed by atoms with Crippen molar-refractivity contribution < 1.29 is 14.5 Å². The number of nitro groups is 1. The molecule has 1 saturated heterocycles.